The van der Waals surface area contributed by atoms with E-state index in [2.05, 4.69) is 34.5 Å². The Labute approximate surface area is 136 Å². The number of ether oxygens (including phenoxy) is 1. The number of hydrogen-bond acceptors (Lipinski definition) is 3. The summed E-state index contributed by atoms with van der Waals surface area (Å²) in [5.74, 6) is 0.889. The van der Waals surface area contributed by atoms with Crippen molar-refractivity contribution in [2.45, 2.75) is 6.04 Å². The van der Waals surface area contributed by atoms with Crippen LogP contribution < -0.4 is 10.1 Å². The Bertz CT molecular complexity index is 626. The monoisotopic (exact) mass is 316 g/mol. The molecule has 1 fully saturated rings. The van der Waals surface area contributed by atoms with Crippen molar-refractivity contribution in [3.05, 3.63) is 64.7 Å². The van der Waals surface area contributed by atoms with Crippen LogP contribution in [0.3, 0.4) is 0 Å². The zero-order valence-electron chi connectivity index (χ0n) is 12.8. The number of benzene rings is 2. The maximum absolute atomic E-state index is 6.22. The maximum Gasteiger partial charge on any atom is 0.119 e. The molecule has 3 nitrogen and oxygen atoms in total. The fourth-order valence-corrected chi connectivity index (χ4v) is 3.24. The van der Waals surface area contributed by atoms with Crippen LogP contribution in [0.1, 0.15) is 17.2 Å². The van der Waals surface area contributed by atoms with Gasteiger partial charge in [-0.15, -0.1) is 0 Å². The van der Waals surface area contributed by atoms with E-state index in [0.29, 0.717) is 0 Å². The second kappa shape index (κ2) is 7.14. The highest BCUT2D eigenvalue weighted by Gasteiger charge is 2.24. The summed E-state index contributed by atoms with van der Waals surface area (Å²) in [7, 11) is 1.71. The molecule has 2 aromatic rings. The SMILES string of the molecule is COc1cccc(C(c2cccc(Cl)c2)N2CCNCC2)c1. The predicted octanol–water partition coefficient (Wildman–Crippen LogP) is 3.34. The highest BCUT2D eigenvalue weighted by Crippen LogP contribution is 2.32. The number of nitrogens with zero attached hydrogens (tertiary/aromatic N) is 1. The predicted molar refractivity (Wildman–Crippen MR) is 90.7 cm³/mol. The van der Waals surface area contributed by atoms with Crippen molar-refractivity contribution in [1.82, 2.24) is 10.2 Å². The van der Waals surface area contributed by atoms with E-state index in [9.17, 15) is 0 Å². The Morgan fingerprint density at radius 2 is 1.73 bits per heavy atom. The second-order valence-corrected chi connectivity index (χ2v) is 5.96. The minimum Gasteiger partial charge on any atom is -0.497 e. The van der Waals surface area contributed by atoms with Crippen LogP contribution in [0.25, 0.3) is 0 Å². The van der Waals surface area contributed by atoms with Crippen molar-refractivity contribution < 1.29 is 4.74 Å². The molecule has 0 aromatic heterocycles. The number of rotatable bonds is 4. The summed E-state index contributed by atoms with van der Waals surface area (Å²) in [4.78, 5) is 2.50. The summed E-state index contributed by atoms with van der Waals surface area (Å²) in [6.45, 7) is 4.07. The van der Waals surface area contributed by atoms with E-state index in [1.54, 1.807) is 7.11 Å². The van der Waals surface area contributed by atoms with Gasteiger partial charge in [-0.2, -0.15) is 0 Å². The summed E-state index contributed by atoms with van der Waals surface area (Å²) in [5.41, 5.74) is 2.46. The lowest BCUT2D eigenvalue weighted by molar-refractivity contribution is 0.198. The molecule has 0 bridgehead atoms. The van der Waals surface area contributed by atoms with Gasteiger partial charge in [-0.1, -0.05) is 35.9 Å². The van der Waals surface area contributed by atoms with E-state index in [4.69, 9.17) is 16.3 Å². The second-order valence-electron chi connectivity index (χ2n) is 5.52. The molecule has 1 aliphatic heterocycles. The standard InChI is InChI=1S/C18H21ClN2O/c1-22-17-7-3-5-15(13-17)18(21-10-8-20-9-11-21)14-4-2-6-16(19)12-14/h2-7,12-13,18,20H,8-11H2,1H3. The Balaban J connectivity index is 2.01. The molecule has 0 spiro atoms. The number of methoxy groups -OCH3 is 1. The van der Waals surface area contributed by atoms with Crippen molar-refractivity contribution in [3.63, 3.8) is 0 Å². The van der Waals surface area contributed by atoms with Crippen LogP contribution in [0.5, 0.6) is 5.75 Å². The molecular weight excluding hydrogens is 296 g/mol. The number of halogens is 1. The van der Waals surface area contributed by atoms with Crippen molar-refractivity contribution in [2.24, 2.45) is 0 Å². The third-order valence-corrected chi connectivity index (χ3v) is 4.33. The van der Waals surface area contributed by atoms with Gasteiger partial charge < -0.3 is 10.1 Å². The Morgan fingerprint density at radius 1 is 1.05 bits per heavy atom. The molecule has 1 N–H and O–H groups in total. The van der Waals surface area contributed by atoms with E-state index in [-0.39, 0.29) is 6.04 Å². The molecule has 1 unspecified atom stereocenters. The molecule has 0 radical (unpaired) electrons. The van der Waals surface area contributed by atoms with Crippen molar-refractivity contribution in [3.8, 4) is 5.75 Å². The van der Waals surface area contributed by atoms with Gasteiger partial charge in [0.05, 0.1) is 13.2 Å². The van der Waals surface area contributed by atoms with Gasteiger partial charge in [0, 0.05) is 31.2 Å². The van der Waals surface area contributed by atoms with E-state index in [1.165, 1.54) is 11.1 Å². The normalized spacial score (nSPS) is 17.2. The van der Waals surface area contributed by atoms with Crippen molar-refractivity contribution >= 4 is 11.6 Å². The van der Waals surface area contributed by atoms with Gasteiger partial charge in [0.25, 0.3) is 0 Å². The smallest absolute Gasteiger partial charge is 0.119 e. The summed E-state index contributed by atoms with van der Waals surface area (Å²) < 4.78 is 5.40. The molecule has 4 heteroatoms. The largest absolute Gasteiger partial charge is 0.497 e. The van der Waals surface area contributed by atoms with E-state index >= 15 is 0 Å². The highest BCUT2D eigenvalue weighted by molar-refractivity contribution is 6.30. The molecular formula is C18H21ClN2O. The average Bonchev–Trinajstić information content (AvgIpc) is 2.56. The topological polar surface area (TPSA) is 24.5 Å². The quantitative estimate of drug-likeness (QED) is 0.936. The van der Waals surface area contributed by atoms with Gasteiger partial charge in [0.15, 0.2) is 0 Å². The summed E-state index contributed by atoms with van der Waals surface area (Å²) in [6.07, 6.45) is 0. The van der Waals surface area contributed by atoms with Crippen LogP contribution >= 0.6 is 11.6 Å². The van der Waals surface area contributed by atoms with Crippen LogP contribution in [0, 0.1) is 0 Å². The first kappa shape index (κ1) is 15.3. The molecule has 3 rings (SSSR count). The Morgan fingerprint density at radius 3 is 2.41 bits per heavy atom. The lowest BCUT2D eigenvalue weighted by Crippen LogP contribution is -2.45. The van der Waals surface area contributed by atoms with Crippen LogP contribution in [0.2, 0.25) is 5.02 Å². The van der Waals surface area contributed by atoms with Crippen LogP contribution in [0.15, 0.2) is 48.5 Å². The third-order valence-electron chi connectivity index (χ3n) is 4.09. The highest BCUT2D eigenvalue weighted by atomic mass is 35.5. The number of nitrogens with one attached hydrogen (secondary N) is 1. The number of piperazine rings is 1. The van der Waals surface area contributed by atoms with Crippen LogP contribution in [-0.2, 0) is 0 Å². The lowest BCUT2D eigenvalue weighted by Gasteiger charge is -2.35. The molecule has 1 aliphatic rings. The third kappa shape index (κ3) is 3.43. The van der Waals surface area contributed by atoms with Crippen molar-refractivity contribution in [1.29, 1.82) is 0 Å². The van der Waals surface area contributed by atoms with E-state index in [1.807, 2.05) is 24.3 Å². The summed E-state index contributed by atoms with van der Waals surface area (Å²) >= 11 is 6.22. The summed E-state index contributed by atoms with van der Waals surface area (Å²) in [6, 6.07) is 16.7. The van der Waals surface area contributed by atoms with Crippen LogP contribution in [-0.4, -0.2) is 38.2 Å². The molecule has 2 aromatic carbocycles. The van der Waals surface area contributed by atoms with Gasteiger partial charge in [-0.25, -0.2) is 0 Å². The first-order chi connectivity index (χ1) is 10.8. The molecule has 0 amide bonds. The van der Waals surface area contributed by atoms with Gasteiger partial charge >= 0.3 is 0 Å². The fraction of sp³-hybridized carbons (Fsp3) is 0.333. The fourth-order valence-electron chi connectivity index (χ4n) is 3.04. The Kier molecular flexibility index (Phi) is 4.98. The van der Waals surface area contributed by atoms with E-state index < -0.39 is 0 Å². The zero-order valence-corrected chi connectivity index (χ0v) is 13.5. The Hall–Kier alpha value is -1.55. The zero-order chi connectivity index (χ0) is 15.4. The molecule has 22 heavy (non-hydrogen) atoms. The van der Waals surface area contributed by atoms with Crippen molar-refractivity contribution in [2.75, 3.05) is 33.3 Å². The molecule has 1 saturated heterocycles. The van der Waals surface area contributed by atoms with Crippen LogP contribution in [0.4, 0.5) is 0 Å². The molecule has 116 valence electrons. The molecule has 1 atom stereocenters. The van der Waals surface area contributed by atoms with Gasteiger partial charge in [-0.05, 0) is 35.4 Å². The van der Waals surface area contributed by atoms with Gasteiger partial charge in [0.1, 0.15) is 5.75 Å². The minimum atomic E-state index is 0.205. The van der Waals surface area contributed by atoms with Gasteiger partial charge in [0.2, 0.25) is 0 Å². The summed E-state index contributed by atoms with van der Waals surface area (Å²) in [5, 5.41) is 4.19. The first-order valence-corrected chi connectivity index (χ1v) is 8.00. The number of hydrogen-bond donors (Lipinski definition) is 1. The molecule has 0 aliphatic carbocycles. The lowest BCUT2D eigenvalue weighted by atomic mass is 9.96. The maximum atomic E-state index is 6.22. The minimum absolute atomic E-state index is 0.205. The average molecular weight is 317 g/mol. The van der Waals surface area contributed by atoms with Gasteiger partial charge in [-0.3, -0.25) is 4.90 Å². The first-order valence-electron chi connectivity index (χ1n) is 7.62. The molecule has 0 saturated carbocycles. The molecule has 1 heterocycles. The van der Waals surface area contributed by atoms with E-state index in [0.717, 1.165) is 37.0 Å².